The number of hydrogen-bond acceptors (Lipinski definition) is 5. The number of ether oxygens (including phenoxy) is 2. The van der Waals surface area contributed by atoms with E-state index in [1.807, 2.05) is 13.0 Å². The lowest BCUT2D eigenvalue weighted by atomic mass is 10.2. The minimum atomic E-state index is -0.444. The Morgan fingerprint density at radius 1 is 1.23 bits per heavy atom. The van der Waals surface area contributed by atoms with Gasteiger partial charge in [-0.05, 0) is 64.8 Å². The Hall–Kier alpha value is -2.48. The standard InChI is InChI=1S/C21H17BrCl2N2O4/c1-2-28-19-9-13(11-25-26-21(27)18-4-3-7-29-18)8-16(22)20(19)30-12-14-5-6-15(23)10-17(14)24/h3-11H,2,12H2,1H3,(H,26,27)/b25-11+. The Bertz CT molecular complexity index is 1060. The van der Waals surface area contributed by atoms with Gasteiger partial charge in [0.25, 0.3) is 0 Å². The van der Waals surface area contributed by atoms with Gasteiger partial charge < -0.3 is 13.9 Å². The predicted molar refractivity (Wildman–Crippen MR) is 120 cm³/mol. The van der Waals surface area contributed by atoms with Gasteiger partial charge in [-0.2, -0.15) is 5.10 Å². The number of hydrogen-bond donors (Lipinski definition) is 1. The molecule has 2 aromatic carbocycles. The zero-order valence-electron chi connectivity index (χ0n) is 15.8. The largest absolute Gasteiger partial charge is 0.490 e. The van der Waals surface area contributed by atoms with Crippen LogP contribution in [0.2, 0.25) is 10.0 Å². The molecule has 1 amide bonds. The first-order valence-electron chi connectivity index (χ1n) is 8.88. The lowest BCUT2D eigenvalue weighted by molar-refractivity contribution is 0.0927. The van der Waals surface area contributed by atoms with Gasteiger partial charge in [0.15, 0.2) is 17.3 Å². The van der Waals surface area contributed by atoms with Crippen molar-refractivity contribution in [3.63, 3.8) is 0 Å². The number of carbonyl (C=O) groups excluding carboxylic acids is 1. The number of nitrogens with zero attached hydrogens (tertiary/aromatic N) is 1. The van der Waals surface area contributed by atoms with E-state index in [0.29, 0.717) is 38.2 Å². The molecule has 0 radical (unpaired) electrons. The summed E-state index contributed by atoms with van der Waals surface area (Å²) < 4.78 is 17.3. The molecule has 1 heterocycles. The van der Waals surface area contributed by atoms with Gasteiger partial charge in [-0.25, -0.2) is 5.43 Å². The van der Waals surface area contributed by atoms with Gasteiger partial charge in [0, 0.05) is 15.6 Å². The van der Waals surface area contributed by atoms with Crippen molar-refractivity contribution >= 4 is 51.3 Å². The van der Waals surface area contributed by atoms with E-state index >= 15 is 0 Å². The Balaban J connectivity index is 1.74. The molecule has 156 valence electrons. The molecule has 6 nitrogen and oxygen atoms in total. The fourth-order valence-corrected chi connectivity index (χ4v) is 3.52. The second-order valence-electron chi connectivity index (χ2n) is 5.96. The van der Waals surface area contributed by atoms with Gasteiger partial charge in [0.1, 0.15) is 6.61 Å². The summed E-state index contributed by atoms with van der Waals surface area (Å²) in [7, 11) is 0. The zero-order valence-corrected chi connectivity index (χ0v) is 18.9. The highest BCUT2D eigenvalue weighted by atomic mass is 79.9. The minimum absolute atomic E-state index is 0.174. The van der Waals surface area contributed by atoms with Crippen molar-refractivity contribution in [2.75, 3.05) is 6.61 Å². The van der Waals surface area contributed by atoms with Crippen molar-refractivity contribution in [2.45, 2.75) is 13.5 Å². The van der Waals surface area contributed by atoms with Gasteiger partial charge in [-0.3, -0.25) is 4.79 Å². The number of hydrazone groups is 1. The number of benzene rings is 2. The average Bonchev–Trinajstić information content (AvgIpc) is 3.24. The normalized spacial score (nSPS) is 10.9. The molecule has 0 bridgehead atoms. The Morgan fingerprint density at radius 2 is 2.07 bits per heavy atom. The Kier molecular flexibility index (Phi) is 7.79. The molecule has 9 heteroatoms. The van der Waals surface area contributed by atoms with Crippen LogP contribution in [-0.4, -0.2) is 18.7 Å². The van der Waals surface area contributed by atoms with Crippen molar-refractivity contribution in [2.24, 2.45) is 5.10 Å². The second kappa shape index (κ2) is 10.5. The molecule has 1 aromatic heterocycles. The summed E-state index contributed by atoms with van der Waals surface area (Å²) in [6.07, 6.45) is 2.91. The molecule has 0 saturated carbocycles. The minimum Gasteiger partial charge on any atom is -0.490 e. The van der Waals surface area contributed by atoms with Crippen molar-refractivity contribution in [1.29, 1.82) is 0 Å². The number of furan rings is 1. The fourth-order valence-electron chi connectivity index (χ4n) is 2.48. The molecule has 0 unspecified atom stereocenters. The number of halogens is 3. The van der Waals surface area contributed by atoms with Crippen LogP contribution < -0.4 is 14.9 Å². The summed E-state index contributed by atoms with van der Waals surface area (Å²) >= 11 is 15.7. The van der Waals surface area contributed by atoms with Gasteiger partial charge in [-0.1, -0.05) is 29.3 Å². The van der Waals surface area contributed by atoms with Gasteiger partial charge in [0.2, 0.25) is 0 Å². The third-order valence-corrected chi connectivity index (χ3v) is 5.02. The molecule has 0 spiro atoms. The van der Waals surface area contributed by atoms with Crippen LogP contribution in [0.4, 0.5) is 0 Å². The molecule has 0 aliphatic carbocycles. The molecule has 0 saturated heterocycles. The van der Waals surface area contributed by atoms with Crippen LogP contribution in [0.5, 0.6) is 11.5 Å². The number of amides is 1. The van der Waals surface area contributed by atoms with Gasteiger partial charge >= 0.3 is 5.91 Å². The van der Waals surface area contributed by atoms with Gasteiger partial charge in [0.05, 0.1) is 23.6 Å². The zero-order chi connectivity index (χ0) is 21.5. The molecular weight excluding hydrogens is 495 g/mol. The van der Waals surface area contributed by atoms with Crippen LogP contribution in [0.3, 0.4) is 0 Å². The van der Waals surface area contributed by atoms with Crippen molar-refractivity contribution in [3.8, 4) is 11.5 Å². The molecule has 0 fully saturated rings. The highest BCUT2D eigenvalue weighted by molar-refractivity contribution is 9.10. The van der Waals surface area contributed by atoms with Gasteiger partial charge in [-0.15, -0.1) is 0 Å². The highest BCUT2D eigenvalue weighted by Gasteiger charge is 2.13. The van der Waals surface area contributed by atoms with E-state index in [1.54, 1.807) is 36.4 Å². The third kappa shape index (κ3) is 5.78. The third-order valence-electron chi connectivity index (χ3n) is 3.84. The highest BCUT2D eigenvalue weighted by Crippen LogP contribution is 2.37. The monoisotopic (exact) mass is 510 g/mol. The van der Waals surface area contributed by atoms with E-state index in [1.165, 1.54) is 12.5 Å². The molecule has 3 aromatic rings. The first-order valence-corrected chi connectivity index (χ1v) is 10.4. The maximum Gasteiger partial charge on any atom is 0.307 e. The summed E-state index contributed by atoms with van der Waals surface area (Å²) in [4.78, 5) is 11.9. The predicted octanol–water partition coefficient (Wildman–Crippen LogP) is 6.09. The maximum absolute atomic E-state index is 11.9. The van der Waals surface area contributed by atoms with Crippen molar-refractivity contribution in [3.05, 3.63) is 80.1 Å². The Morgan fingerprint density at radius 3 is 2.77 bits per heavy atom. The van der Waals surface area contributed by atoms with E-state index in [-0.39, 0.29) is 12.4 Å². The van der Waals surface area contributed by atoms with Crippen molar-refractivity contribution < 1.29 is 18.7 Å². The van der Waals surface area contributed by atoms with Crippen LogP contribution >= 0.6 is 39.1 Å². The lowest BCUT2D eigenvalue weighted by Crippen LogP contribution is -2.16. The summed E-state index contributed by atoms with van der Waals surface area (Å²) in [6.45, 7) is 2.56. The summed E-state index contributed by atoms with van der Waals surface area (Å²) in [5.74, 6) is 0.781. The van der Waals surface area contributed by atoms with Crippen LogP contribution in [0.1, 0.15) is 28.6 Å². The number of nitrogens with one attached hydrogen (secondary N) is 1. The quantitative estimate of drug-likeness (QED) is 0.293. The first kappa shape index (κ1) is 22.2. The summed E-state index contributed by atoms with van der Waals surface area (Å²) in [5, 5.41) is 5.03. The van der Waals surface area contributed by atoms with E-state index < -0.39 is 5.91 Å². The SMILES string of the molecule is CCOc1cc(/C=N/NC(=O)c2ccco2)cc(Br)c1OCc1ccc(Cl)cc1Cl. The molecule has 3 rings (SSSR count). The topological polar surface area (TPSA) is 73.1 Å². The molecule has 0 aliphatic rings. The smallest absolute Gasteiger partial charge is 0.307 e. The van der Waals surface area contributed by atoms with E-state index in [4.69, 9.17) is 37.1 Å². The average molecular weight is 512 g/mol. The molecule has 30 heavy (non-hydrogen) atoms. The molecule has 0 aliphatic heterocycles. The van der Waals surface area contributed by atoms with Crippen LogP contribution in [0.25, 0.3) is 0 Å². The van der Waals surface area contributed by atoms with Crippen LogP contribution in [0.15, 0.2) is 62.7 Å². The molecule has 0 atom stereocenters. The maximum atomic E-state index is 11.9. The summed E-state index contributed by atoms with van der Waals surface area (Å²) in [6, 6.07) is 12.0. The summed E-state index contributed by atoms with van der Waals surface area (Å²) in [5.41, 5.74) is 3.89. The van der Waals surface area contributed by atoms with E-state index in [2.05, 4.69) is 26.5 Å². The van der Waals surface area contributed by atoms with Crippen LogP contribution in [0, 0.1) is 0 Å². The van der Waals surface area contributed by atoms with E-state index in [0.717, 1.165) is 5.56 Å². The van der Waals surface area contributed by atoms with Crippen LogP contribution in [-0.2, 0) is 6.61 Å². The second-order valence-corrected chi connectivity index (χ2v) is 7.66. The van der Waals surface area contributed by atoms with Crippen molar-refractivity contribution in [1.82, 2.24) is 5.43 Å². The lowest BCUT2D eigenvalue weighted by Gasteiger charge is -2.15. The Labute approximate surface area is 191 Å². The first-order chi connectivity index (χ1) is 14.5. The molecule has 1 N–H and O–H groups in total. The van der Waals surface area contributed by atoms with E-state index in [9.17, 15) is 4.79 Å². The number of carbonyl (C=O) groups is 1. The number of rotatable bonds is 8. The fraction of sp³-hybridized carbons (Fsp3) is 0.143. The molecular formula is C21H17BrCl2N2O4.